The third-order valence-corrected chi connectivity index (χ3v) is 4.60. The lowest BCUT2D eigenvalue weighted by Crippen LogP contribution is -2.38. The Morgan fingerprint density at radius 3 is 2.64 bits per heavy atom. The van der Waals surface area contributed by atoms with Gasteiger partial charge < -0.3 is 5.32 Å². The van der Waals surface area contributed by atoms with Crippen LogP contribution in [0.2, 0.25) is 0 Å². The van der Waals surface area contributed by atoms with E-state index in [9.17, 15) is 13.2 Å². The van der Waals surface area contributed by atoms with E-state index < -0.39 is 11.6 Å². The molecule has 0 saturated heterocycles. The molecule has 9 heteroatoms. The van der Waals surface area contributed by atoms with Crippen LogP contribution in [0.3, 0.4) is 0 Å². The third-order valence-electron chi connectivity index (χ3n) is 4.60. The summed E-state index contributed by atoms with van der Waals surface area (Å²) in [5, 5.41) is 6.93. The van der Waals surface area contributed by atoms with Gasteiger partial charge in [0.1, 0.15) is 0 Å². The maximum absolute atomic E-state index is 13.0. The SMILES string of the molecule is CC(C)(CNc1ncc2c(-c3ccc4ncccc4n3)ccn2n1)C(F)(F)F. The number of hydrogen-bond donors (Lipinski definition) is 1. The first-order valence-electron chi connectivity index (χ1n) is 8.62. The van der Waals surface area contributed by atoms with E-state index in [4.69, 9.17) is 0 Å². The molecular weight excluding hydrogens is 369 g/mol. The normalized spacial score (nSPS) is 12.6. The standard InChI is InChI=1S/C19H17F3N6/c1-18(2,19(20,21)22)11-25-17-24-10-16-12(7-9-28(16)27-17)13-5-6-14-15(26-13)4-3-8-23-14/h3-10H,11H2,1-2H3,(H,25,27). The summed E-state index contributed by atoms with van der Waals surface area (Å²) in [6.45, 7) is 1.94. The molecule has 4 rings (SSSR count). The van der Waals surface area contributed by atoms with Crippen LogP contribution in [-0.4, -0.2) is 37.3 Å². The molecule has 0 atom stereocenters. The first-order chi connectivity index (χ1) is 13.2. The van der Waals surface area contributed by atoms with Gasteiger partial charge in [-0.3, -0.25) is 4.98 Å². The minimum Gasteiger partial charge on any atom is -0.352 e. The quantitative estimate of drug-likeness (QED) is 0.565. The molecule has 0 spiro atoms. The van der Waals surface area contributed by atoms with Crippen LogP contribution in [0, 0.1) is 5.41 Å². The van der Waals surface area contributed by atoms with E-state index >= 15 is 0 Å². The summed E-state index contributed by atoms with van der Waals surface area (Å²) in [4.78, 5) is 13.0. The highest BCUT2D eigenvalue weighted by Gasteiger charge is 2.47. The minimum absolute atomic E-state index is 0.127. The maximum atomic E-state index is 13.0. The van der Waals surface area contributed by atoms with Crippen LogP contribution in [-0.2, 0) is 0 Å². The first kappa shape index (κ1) is 18.1. The lowest BCUT2D eigenvalue weighted by molar-refractivity contribution is -0.206. The average Bonchev–Trinajstić information content (AvgIpc) is 3.08. The maximum Gasteiger partial charge on any atom is 0.395 e. The number of nitrogens with zero attached hydrogens (tertiary/aromatic N) is 5. The molecule has 4 aromatic rings. The topological polar surface area (TPSA) is 68.0 Å². The van der Waals surface area contributed by atoms with E-state index in [0.29, 0.717) is 5.52 Å². The number of halogens is 3. The zero-order valence-electron chi connectivity index (χ0n) is 15.2. The van der Waals surface area contributed by atoms with Crippen LogP contribution in [0.4, 0.5) is 19.1 Å². The lowest BCUT2D eigenvalue weighted by Gasteiger charge is -2.27. The van der Waals surface area contributed by atoms with Crippen molar-refractivity contribution in [1.82, 2.24) is 24.6 Å². The summed E-state index contributed by atoms with van der Waals surface area (Å²) >= 11 is 0. The smallest absolute Gasteiger partial charge is 0.352 e. The van der Waals surface area contributed by atoms with E-state index in [1.165, 1.54) is 0 Å². The number of hydrogen-bond acceptors (Lipinski definition) is 5. The highest BCUT2D eigenvalue weighted by atomic mass is 19.4. The predicted octanol–water partition coefficient (Wildman–Crippen LogP) is 4.34. The second-order valence-electron chi connectivity index (χ2n) is 7.11. The van der Waals surface area contributed by atoms with Crippen LogP contribution in [0.1, 0.15) is 13.8 Å². The predicted molar refractivity (Wildman–Crippen MR) is 99.8 cm³/mol. The summed E-state index contributed by atoms with van der Waals surface area (Å²) < 4.78 is 40.6. The van der Waals surface area contributed by atoms with E-state index in [2.05, 4.69) is 25.4 Å². The van der Waals surface area contributed by atoms with Crippen molar-refractivity contribution < 1.29 is 13.2 Å². The number of anilines is 1. The van der Waals surface area contributed by atoms with Crippen LogP contribution in [0.5, 0.6) is 0 Å². The molecule has 28 heavy (non-hydrogen) atoms. The number of pyridine rings is 2. The van der Waals surface area contributed by atoms with Gasteiger partial charge in [0, 0.05) is 24.5 Å². The number of rotatable bonds is 4. The van der Waals surface area contributed by atoms with Gasteiger partial charge in [-0.1, -0.05) is 0 Å². The minimum atomic E-state index is -4.32. The van der Waals surface area contributed by atoms with Crippen molar-refractivity contribution in [3.63, 3.8) is 0 Å². The summed E-state index contributed by atoms with van der Waals surface area (Å²) in [6, 6.07) is 9.29. The van der Waals surface area contributed by atoms with Gasteiger partial charge in [0.2, 0.25) is 5.95 Å². The van der Waals surface area contributed by atoms with E-state index in [1.807, 2.05) is 30.3 Å². The van der Waals surface area contributed by atoms with Crippen molar-refractivity contribution in [3.05, 3.63) is 48.9 Å². The fraction of sp³-hybridized carbons (Fsp3) is 0.263. The van der Waals surface area contributed by atoms with E-state index in [0.717, 1.165) is 36.1 Å². The van der Waals surface area contributed by atoms with Crippen molar-refractivity contribution in [3.8, 4) is 11.3 Å². The number of nitrogens with one attached hydrogen (secondary N) is 1. The van der Waals surface area contributed by atoms with Gasteiger partial charge in [0.15, 0.2) is 0 Å². The molecule has 4 heterocycles. The molecule has 0 radical (unpaired) electrons. The van der Waals surface area contributed by atoms with Gasteiger partial charge in [-0.25, -0.2) is 14.5 Å². The molecule has 0 aliphatic carbocycles. The molecule has 0 saturated carbocycles. The highest BCUT2D eigenvalue weighted by Crippen LogP contribution is 2.37. The second kappa shape index (κ2) is 6.43. The Morgan fingerprint density at radius 2 is 1.86 bits per heavy atom. The van der Waals surface area contributed by atoms with Gasteiger partial charge in [0.05, 0.1) is 33.9 Å². The van der Waals surface area contributed by atoms with Gasteiger partial charge in [-0.15, -0.1) is 5.10 Å². The van der Waals surface area contributed by atoms with Crippen LogP contribution in [0.15, 0.2) is 48.9 Å². The van der Waals surface area contributed by atoms with Crippen LogP contribution < -0.4 is 5.32 Å². The second-order valence-corrected chi connectivity index (χ2v) is 7.11. The van der Waals surface area contributed by atoms with Gasteiger partial charge in [-0.05, 0) is 44.2 Å². The molecule has 0 aliphatic heterocycles. The van der Waals surface area contributed by atoms with Crippen molar-refractivity contribution in [1.29, 1.82) is 0 Å². The van der Waals surface area contributed by atoms with Crippen molar-refractivity contribution >= 4 is 22.5 Å². The summed E-state index contributed by atoms with van der Waals surface area (Å²) in [5.41, 5.74) is 1.95. The summed E-state index contributed by atoms with van der Waals surface area (Å²) in [5.74, 6) is 0.127. The Labute approximate surface area is 158 Å². The average molecular weight is 386 g/mol. The zero-order valence-corrected chi connectivity index (χ0v) is 15.2. The van der Waals surface area contributed by atoms with E-state index in [-0.39, 0.29) is 12.5 Å². The Morgan fingerprint density at radius 1 is 1.04 bits per heavy atom. The third kappa shape index (κ3) is 3.23. The Bertz CT molecular complexity index is 1150. The molecule has 0 aromatic carbocycles. The van der Waals surface area contributed by atoms with Gasteiger partial charge >= 0.3 is 6.18 Å². The Kier molecular flexibility index (Phi) is 4.17. The Hall–Kier alpha value is -3.23. The van der Waals surface area contributed by atoms with Crippen LogP contribution in [0.25, 0.3) is 27.8 Å². The molecule has 0 aliphatic rings. The van der Waals surface area contributed by atoms with E-state index in [1.54, 1.807) is 23.1 Å². The molecular formula is C19H17F3N6. The molecule has 144 valence electrons. The fourth-order valence-corrected chi connectivity index (χ4v) is 2.71. The summed E-state index contributed by atoms with van der Waals surface area (Å²) in [6.07, 6.45) is 0.684. The van der Waals surface area contributed by atoms with Gasteiger partial charge in [-0.2, -0.15) is 13.2 Å². The molecule has 0 bridgehead atoms. The zero-order chi connectivity index (χ0) is 19.9. The molecule has 4 aromatic heterocycles. The van der Waals surface area contributed by atoms with Gasteiger partial charge in [0.25, 0.3) is 0 Å². The molecule has 0 unspecified atom stereocenters. The number of alkyl halides is 3. The molecule has 0 fully saturated rings. The molecule has 0 amide bonds. The van der Waals surface area contributed by atoms with Crippen molar-refractivity contribution in [2.75, 3.05) is 11.9 Å². The number of fused-ring (bicyclic) bond motifs is 2. The lowest BCUT2D eigenvalue weighted by atomic mass is 9.93. The largest absolute Gasteiger partial charge is 0.395 e. The Balaban J connectivity index is 1.62. The molecule has 6 nitrogen and oxygen atoms in total. The highest BCUT2D eigenvalue weighted by molar-refractivity contribution is 5.83. The number of aromatic nitrogens is 5. The van der Waals surface area contributed by atoms with Crippen molar-refractivity contribution in [2.45, 2.75) is 20.0 Å². The van der Waals surface area contributed by atoms with Crippen molar-refractivity contribution in [2.24, 2.45) is 5.41 Å². The van der Waals surface area contributed by atoms with Crippen LogP contribution >= 0.6 is 0 Å². The fourth-order valence-electron chi connectivity index (χ4n) is 2.71. The molecule has 1 N–H and O–H groups in total. The summed E-state index contributed by atoms with van der Waals surface area (Å²) in [7, 11) is 0. The monoisotopic (exact) mass is 386 g/mol. The first-order valence-corrected chi connectivity index (χ1v) is 8.62.